The Labute approximate surface area is 119 Å². The maximum Gasteiger partial charge on any atom is 0.338 e. The second kappa shape index (κ2) is 6.93. The van der Waals surface area contributed by atoms with Crippen molar-refractivity contribution in [2.75, 3.05) is 18.8 Å². The van der Waals surface area contributed by atoms with Crippen molar-refractivity contribution in [3.05, 3.63) is 29.3 Å². The monoisotopic (exact) mass is 278 g/mol. The first kappa shape index (κ1) is 16.0. The molecule has 0 spiro atoms. The van der Waals surface area contributed by atoms with Crippen molar-refractivity contribution >= 4 is 17.6 Å². The van der Waals surface area contributed by atoms with Crippen LogP contribution in [0.3, 0.4) is 0 Å². The first-order chi connectivity index (χ1) is 9.40. The van der Waals surface area contributed by atoms with Gasteiger partial charge < -0.3 is 15.4 Å². The van der Waals surface area contributed by atoms with E-state index in [-0.39, 0.29) is 5.91 Å². The van der Waals surface area contributed by atoms with Crippen LogP contribution >= 0.6 is 0 Å². The molecule has 0 aromatic heterocycles. The maximum absolute atomic E-state index is 12.0. The molecule has 0 aliphatic rings. The summed E-state index contributed by atoms with van der Waals surface area (Å²) in [6.45, 7) is 8.37. The number of amides is 1. The van der Waals surface area contributed by atoms with E-state index in [0.717, 1.165) is 5.56 Å². The molecule has 0 saturated carbocycles. The van der Waals surface area contributed by atoms with E-state index in [9.17, 15) is 9.59 Å². The van der Waals surface area contributed by atoms with E-state index >= 15 is 0 Å². The molecular weight excluding hydrogens is 256 g/mol. The Hall–Kier alpha value is -2.04. The number of likely N-dealkylation sites (N-methyl/N-ethyl adjacent to an activating group) is 1. The van der Waals surface area contributed by atoms with Crippen LogP contribution in [0.25, 0.3) is 0 Å². The summed E-state index contributed by atoms with van der Waals surface area (Å²) in [5, 5.41) is 0. The Bertz CT molecular complexity index is 496. The van der Waals surface area contributed by atoms with Crippen LogP contribution in [0.4, 0.5) is 5.69 Å². The van der Waals surface area contributed by atoms with Crippen LogP contribution in [0, 0.1) is 6.92 Å². The lowest BCUT2D eigenvalue weighted by Crippen LogP contribution is -2.39. The van der Waals surface area contributed by atoms with Crippen LogP contribution < -0.4 is 5.73 Å². The van der Waals surface area contributed by atoms with Crippen LogP contribution in [0.5, 0.6) is 0 Å². The van der Waals surface area contributed by atoms with Gasteiger partial charge in [-0.1, -0.05) is 0 Å². The van der Waals surface area contributed by atoms with Gasteiger partial charge in [0.25, 0.3) is 5.91 Å². The van der Waals surface area contributed by atoms with Crippen molar-refractivity contribution in [1.82, 2.24) is 4.90 Å². The number of nitrogen functional groups attached to an aromatic ring is 1. The first-order valence-electron chi connectivity index (χ1n) is 6.76. The number of hydrogen-bond donors (Lipinski definition) is 1. The molecule has 5 nitrogen and oxygen atoms in total. The molecule has 1 rings (SSSR count). The predicted molar refractivity (Wildman–Crippen MR) is 78.4 cm³/mol. The summed E-state index contributed by atoms with van der Waals surface area (Å²) in [6.07, 6.45) is -0.791. The molecule has 110 valence electrons. The minimum Gasteiger partial charge on any atom is -0.449 e. The van der Waals surface area contributed by atoms with E-state index in [1.54, 1.807) is 30.0 Å². The number of nitrogens with zero attached hydrogens (tertiary/aromatic N) is 1. The highest BCUT2D eigenvalue weighted by Crippen LogP contribution is 2.14. The van der Waals surface area contributed by atoms with Crippen LogP contribution in [0.1, 0.15) is 36.7 Å². The second-order valence-electron chi connectivity index (χ2n) is 4.63. The summed E-state index contributed by atoms with van der Waals surface area (Å²) in [4.78, 5) is 25.6. The fourth-order valence-corrected chi connectivity index (χ4v) is 1.87. The molecule has 1 unspecified atom stereocenters. The van der Waals surface area contributed by atoms with Crippen LogP contribution in [0.15, 0.2) is 18.2 Å². The number of ether oxygens (including phenoxy) is 1. The molecule has 2 N–H and O–H groups in total. The highest BCUT2D eigenvalue weighted by atomic mass is 16.5. The van der Waals surface area contributed by atoms with Crippen molar-refractivity contribution in [2.45, 2.75) is 33.8 Å². The van der Waals surface area contributed by atoms with Gasteiger partial charge in [0.1, 0.15) is 0 Å². The third-order valence-corrected chi connectivity index (χ3v) is 3.21. The molecule has 1 aromatic carbocycles. The summed E-state index contributed by atoms with van der Waals surface area (Å²) in [5.41, 5.74) is 7.53. The number of carbonyl (C=O) groups is 2. The van der Waals surface area contributed by atoms with E-state index in [1.807, 2.05) is 20.8 Å². The molecule has 1 aromatic rings. The summed E-state index contributed by atoms with van der Waals surface area (Å²) in [5.74, 6) is -0.698. The number of hydrogen-bond acceptors (Lipinski definition) is 4. The normalized spacial score (nSPS) is 11.8. The number of anilines is 1. The summed E-state index contributed by atoms with van der Waals surface area (Å²) in [6, 6.07) is 4.91. The fraction of sp³-hybridized carbons (Fsp3) is 0.467. The molecular formula is C15H22N2O3. The van der Waals surface area contributed by atoms with Gasteiger partial charge in [0.05, 0.1) is 5.56 Å². The average Bonchev–Trinajstić information content (AvgIpc) is 2.42. The Balaban J connectivity index is 2.74. The second-order valence-corrected chi connectivity index (χ2v) is 4.63. The Kier molecular flexibility index (Phi) is 5.55. The number of nitrogens with two attached hydrogens (primary N) is 1. The van der Waals surface area contributed by atoms with E-state index in [2.05, 4.69) is 0 Å². The largest absolute Gasteiger partial charge is 0.449 e. The maximum atomic E-state index is 12.0. The summed E-state index contributed by atoms with van der Waals surface area (Å²) in [7, 11) is 0. The minimum atomic E-state index is -0.791. The number of aryl methyl sites for hydroxylation is 1. The van der Waals surface area contributed by atoms with Gasteiger partial charge in [0.2, 0.25) is 0 Å². The molecule has 0 fully saturated rings. The van der Waals surface area contributed by atoms with Crippen LogP contribution in [-0.4, -0.2) is 36.0 Å². The highest BCUT2D eigenvalue weighted by Gasteiger charge is 2.22. The van der Waals surface area contributed by atoms with Gasteiger partial charge in [-0.3, -0.25) is 4.79 Å². The van der Waals surface area contributed by atoms with Gasteiger partial charge in [0, 0.05) is 18.8 Å². The third-order valence-electron chi connectivity index (χ3n) is 3.21. The molecule has 0 saturated heterocycles. The molecule has 0 aliphatic heterocycles. The standard InChI is InChI=1S/C15H22N2O3/c1-5-17(6-2)14(18)11(4)20-15(19)12-7-8-13(16)10(3)9-12/h7-9,11H,5-6,16H2,1-4H3. The third kappa shape index (κ3) is 3.73. The smallest absolute Gasteiger partial charge is 0.338 e. The molecule has 0 radical (unpaired) electrons. The minimum absolute atomic E-state index is 0.185. The van der Waals surface area contributed by atoms with E-state index < -0.39 is 12.1 Å². The zero-order chi connectivity index (χ0) is 15.3. The Morgan fingerprint density at radius 3 is 2.40 bits per heavy atom. The molecule has 0 aliphatic carbocycles. The number of esters is 1. The Morgan fingerprint density at radius 2 is 1.90 bits per heavy atom. The molecule has 20 heavy (non-hydrogen) atoms. The van der Waals surface area contributed by atoms with Crippen molar-refractivity contribution in [3.8, 4) is 0 Å². The first-order valence-corrected chi connectivity index (χ1v) is 6.76. The van der Waals surface area contributed by atoms with Gasteiger partial charge >= 0.3 is 5.97 Å². The highest BCUT2D eigenvalue weighted by molar-refractivity contribution is 5.92. The molecule has 1 atom stereocenters. The van der Waals surface area contributed by atoms with Gasteiger partial charge in [-0.2, -0.15) is 0 Å². The lowest BCUT2D eigenvalue weighted by molar-refractivity contribution is -0.139. The SMILES string of the molecule is CCN(CC)C(=O)C(C)OC(=O)c1ccc(N)c(C)c1. The topological polar surface area (TPSA) is 72.6 Å². The number of rotatable bonds is 5. The number of carbonyl (C=O) groups excluding carboxylic acids is 2. The van der Waals surface area contributed by atoms with Gasteiger partial charge in [-0.05, 0) is 51.5 Å². The molecule has 1 amide bonds. The Morgan fingerprint density at radius 1 is 1.30 bits per heavy atom. The fourth-order valence-electron chi connectivity index (χ4n) is 1.87. The van der Waals surface area contributed by atoms with Crippen molar-refractivity contribution in [2.24, 2.45) is 0 Å². The molecule has 5 heteroatoms. The molecule has 0 heterocycles. The van der Waals surface area contributed by atoms with Gasteiger partial charge in [-0.15, -0.1) is 0 Å². The number of benzene rings is 1. The summed E-state index contributed by atoms with van der Waals surface area (Å²) >= 11 is 0. The quantitative estimate of drug-likeness (QED) is 0.660. The average molecular weight is 278 g/mol. The van der Waals surface area contributed by atoms with Gasteiger partial charge in [-0.25, -0.2) is 4.79 Å². The van der Waals surface area contributed by atoms with Crippen molar-refractivity contribution in [1.29, 1.82) is 0 Å². The van der Waals surface area contributed by atoms with Crippen LogP contribution in [0.2, 0.25) is 0 Å². The van der Waals surface area contributed by atoms with Gasteiger partial charge in [0.15, 0.2) is 6.10 Å². The van der Waals surface area contributed by atoms with Crippen molar-refractivity contribution in [3.63, 3.8) is 0 Å². The van der Waals surface area contributed by atoms with E-state index in [4.69, 9.17) is 10.5 Å². The lowest BCUT2D eigenvalue weighted by atomic mass is 10.1. The van der Waals surface area contributed by atoms with Crippen LogP contribution in [-0.2, 0) is 9.53 Å². The van der Waals surface area contributed by atoms with E-state index in [1.165, 1.54) is 0 Å². The van der Waals surface area contributed by atoms with E-state index in [0.29, 0.717) is 24.3 Å². The van der Waals surface area contributed by atoms with Crippen molar-refractivity contribution < 1.29 is 14.3 Å². The summed E-state index contributed by atoms with van der Waals surface area (Å²) < 4.78 is 5.21. The zero-order valence-corrected chi connectivity index (χ0v) is 12.5. The lowest BCUT2D eigenvalue weighted by Gasteiger charge is -2.22. The zero-order valence-electron chi connectivity index (χ0n) is 12.5. The predicted octanol–water partition coefficient (Wildman–Crippen LogP) is 1.99. The molecule has 0 bridgehead atoms.